The lowest BCUT2D eigenvalue weighted by Crippen LogP contribution is -2.30. The molecule has 0 saturated carbocycles. The Bertz CT molecular complexity index is 1130. The standard InChI is InChI=1S/C27H32O4S2/c1-3-4-17-31-24-13-9-21(10-14-24)25-15-16-26(32-25)27-22(6-5-18-33(27,28)29)19-20-7-11-23(30-2)12-8-20/h7-16,22,27H,3-6,17-19H2,1-2H3. The molecule has 0 N–H and O–H groups in total. The fraction of sp³-hybridized carbons (Fsp3) is 0.407. The molecule has 2 aromatic carbocycles. The molecule has 2 heterocycles. The van der Waals surface area contributed by atoms with Crippen LogP contribution < -0.4 is 9.47 Å². The molecule has 2 unspecified atom stereocenters. The van der Waals surface area contributed by atoms with Crippen molar-refractivity contribution in [3.63, 3.8) is 0 Å². The second kappa shape index (κ2) is 10.7. The van der Waals surface area contributed by atoms with Crippen LogP contribution in [0, 0.1) is 5.92 Å². The van der Waals surface area contributed by atoms with Crippen LogP contribution >= 0.6 is 11.3 Å². The van der Waals surface area contributed by atoms with Crippen LogP contribution in [-0.4, -0.2) is 27.9 Å². The maximum atomic E-state index is 13.2. The molecular weight excluding hydrogens is 452 g/mol. The van der Waals surface area contributed by atoms with E-state index in [1.807, 2.05) is 42.5 Å². The van der Waals surface area contributed by atoms with E-state index in [4.69, 9.17) is 9.47 Å². The molecule has 0 amide bonds. The van der Waals surface area contributed by atoms with Gasteiger partial charge in [-0.2, -0.15) is 0 Å². The van der Waals surface area contributed by atoms with E-state index in [9.17, 15) is 8.42 Å². The summed E-state index contributed by atoms with van der Waals surface area (Å²) in [4.78, 5) is 2.04. The Morgan fingerprint density at radius 2 is 1.70 bits per heavy atom. The van der Waals surface area contributed by atoms with Gasteiger partial charge in [0.1, 0.15) is 11.5 Å². The fourth-order valence-electron chi connectivity index (χ4n) is 4.51. The van der Waals surface area contributed by atoms with Crippen LogP contribution in [0.2, 0.25) is 0 Å². The minimum absolute atomic E-state index is 0.0815. The second-order valence-electron chi connectivity index (χ2n) is 8.67. The van der Waals surface area contributed by atoms with Crippen LogP contribution in [0.25, 0.3) is 10.4 Å². The van der Waals surface area contributed by atoms with E-state index >= 15 is 0 Å². The summed E-state index contributed by atoms with van der Waals surface area (Å²) in [6, 6.07) is 20.1. The zero-order chi connectivity index (χ0) is 23.3. The van der Waals surface area contributed by atoms with E-state index in [1.165, 1.54) is 0 Å². The fourth-order valence-corrected chi connectivity index (χ4v) is 8.26. The number of hydrogen-bond donors (Lipinski definition) is 0. The number of ether oxygens (including phenoxy) is 2. The predicted octanol–water partition coefficient (Wildman–Crippen LogP) is 6.71. The number of thiophene rings is 1. The lowest BCUT2D eigenvalue weighted by Gasteiger charge is -2.31. The van der Waals surface area contributed by atoms with Gasteiger partial charge >= 0.3 is 0 Å². The van der Waals surface area contributed by atoms with E-state index in [1.54, 1.807) is 18.4 Å². The first-order chi connectivity index (χ1) is 16.0. The summed E-state index contributed by atoms with van der Waals surface area (Å²) in [7, 11) is -1.53. The average Bonchev–Trinajstić information content (AvgIpc) is 3.29. The Kier molecular flexibility index (Phi) is 7.76. The number of sulfone groups is 1. The molecule has 4 rings (SSSR count). The van der Waals surface area contributed by atoms with Gasteiger partial charge in [-0.3, -0.25) is 0 Å². The van der Waals surface area contributed by atoms with Crippen molar-refractivity contribution in [3.05, 3.63) is 71.1 Å². The van der Waals surface area contributed by atoms with E-state index in [2.05, 4.69) is 25.1 Å². The van der Waals surface area contributed by atoms with Crippen molar-refractivity contribution >= 4 is 21.2 Å². The monoisotopic (exact) mass is 484 g/mol. The van der Waals surface area contributed by atoms with Crippen molar-refractivity contribution < 1.29 is 17.9 Å². The first-order valence-corrected chi connectivity index (χ1v) is 14.2. The van der Waals surface area contributed by atoms with Crippen LogP contribution in [0.3, 0.4) is 0 Å². The Hall–Kier alpha value is -2.31. The lowest BCUT2D eigenvalue weighted by atomic mass is 9.90. The molecule has 1 aliphatic heterocycles. The van der Waals surface area contributed by atoms with Crippen molar-refractivity contribution in [3.8, 4) is 21.9 Å². The van der Waals surface area contributed by atoms with Gasteiger partial charge in [-0.1, -0.05) is 25.5 Å². The highest BCUT2D eigenvalue weighted by Crippen LogP contribution is 2.44. The van der Waals surface area contributed by atoms with E-state index in [0.717, 1.165) is 71.1 Å². The normalized spacial score (nSPS) is 19.8. The molecule has 6 heteroatoms. The highest BCUT2D eigenvalue weighted by atomic mass is 32.2. The van der Waals surface area contributed by atoms with Crippen LogP contribution in [0.5, 0.6) is 11.5 Å². The lowest BCUT2D eigenvalue weighted by molar-refractivity contribution is 0.309. The molecule has 1 saturated heterocycles. The summed E-state index contributed by atoms with van der Waals surface area (Å²) < 4.78 is 37.4. The SMILES string of the molecule is CCCCOc1ccc(-c2ccc(C3C(Cc4ccc(OC)cc4)CCCS3(=O)=O)s2)cc1. The number of methoxy groups -OCH3 is 1. The van der Waals surface area contributed by atoms with Gasteiger partial charge in [0.2, 0.25) is 0 Å². The van der Waals surface area contributed by atoms with Gasteiger partial charge in [0, 0.05) is 9.75 Å². The topological polar surface area (TPSA) is 52.6 Å². The second-order valence-corrected chi connectivity index (χ2v) is 12.0. The van der Waals surface area contributed by atoms with Gasteiger partial charge in [0.25, 0.3) is 0 Å². The third-order valence-electron chi connectivity index (χ3n) is 6.29. The molecular formula is C27H32O4S2. The minimum atomic E-state index is -3.18. The van der Waals surface area contributed by atoms with Crippen molar-refractivity contribution in [1.29, 1.82) is 0 Å². The predicted molar refractivity (Wildman–Crippen MR) is 136 cm³/mol. The average molecular weight is 485 g/mol. The van der Waals surface area contributed by atoms with Crippen molar-refractivity contribution in [1.82, 2.24) is 0 Å². The van der Waals surface area contributed by atoms with Crippen LogP contribution in [0.4, 0.5) is 0 Å². The summed E-state index contributed by atoms with van der Waals surface area (Å²) in [5, 5.41) is -0.441. The van der Waals surface area contributed by atoms with E-state index in [0.29, 0.717) is 0 Å². The van der Waals surface area contributed by atoms with Gasteiger partial charge in [-0.15, -0.1) is 11.3 Å². The summed E-state index contributed by atoms with van der Waals surface area (Å²) in [6.07, 6.45) is 4.57. The number of benzene rings is 2. The van der Waals surface area contributed by atoms with Gasteiger partial charge in [-0.05, 0) is 91.3 Å². The van der Waals surface area contributed by atoms with Gasteiger partial charge in [0.05, 0.1) is 24.7 Å². The van der Waals surface area contributed by atoms with Gasteiger partial charge in [-0.25, -0.2) is 8.42 Å². The maximum Gasteiger partial charge on any atom is 0.158 e. The summed E-state index contributed by atoms with van der Waals surface area (Å²) in [5.74, 6) is 2.04. The summed E-state index contributed by atoms with van der Waals surface area (Å²) in [6.45, 7) is 2.88. The van der Waals surface area contributed by atoms with Crippen LogP contribution in [0.1, 0.15) is 48.3 Å². The van der Waals surface area contributed by atoms with Crippen molar-refractivity contribution in [2.45, 2.75) is 44.3 Å². The highest BCUT2D eigenvalue weighted by Gasteiger charge is 2.39. The molecule has 0 aliphatic carbocycles. The van der Waals surface area contributed by atoms with E-state index in [-0.39, 0.29) is 11.7 Å². The third kappa shape index (κ3) is 5.79. The van der Waals surface area contributed by atoms with Crippen LogP contribution in [0.15, 0.2) is 60.7 Å². The highest BCUT2D eigenvalue weighted by molar-refractivity contribution is 7.91. The van der Waals surface area contributed by atoms with Gasteiger partial charge in [0.15, 0.2) is 9.84 Å². The smallest absolute Gasteiger partial charge is 0.158 e. The summed E-state index contributed by atoms with van der Waals surface area (Å²) >= 11 is 1.60. The summed E-state index contributed by atoms with van der Waals surface area (Å²) in [5.41, 5.74) is 2.24. The van der Waals surface area contributed by atoms with Crippen LogP contribution in [-0.2, 0) is 16.3 Å². The molecule has 176 valence electrons. The number of unbranched alkanes of at least 4 members (excludes halogenated alkanes) is 1. The molecule has 1 aromatic heterocycles. The molecule has 33 heavy (non-hydrogen) atoms. The molecule has 0 spiro atoms. The van der Waals surface area contributed by atoms with Crippen molar-refractivity contribution in [2.24, 2.45) is 5.92 Å². The number of hydrogen-bond acceptors (Lipinski definition) is 5. The Morgan fingerprint density at radius 3 is 2.39 bits per heavy atom. The first kappa shape index (κ1) is 23.8. The Balaban J connectivity index is 1.54. The Labute approximate surface area is 201 Å². The molecule has 1 fully saturated rings. The molecule has 0 bridgehead atoms. The third-order valence-corrected chi connectivity index (χ3v) is 9.93. The zero-order valence-corrected chi connectivity index (χ0v) is 21.0. The minimum Gasteiger partial charge on any atom is -0.497 e. The maximum absolute atomic E-state index is 13.2. The molecule has 0 radical (unpaired) electrons. The molecule has 2 atom stereocenters. The van der Waals surface area contributed by atoms with Crippen molar-refractivity contribution in [2.75, 3.05) is 19.5 Å². The first-order valence-electron chi connectivity index (χ1n) is 11.7. The number of rotatable bonds is 9. The Morgan fingerprint density at radius 1 is 0.970 bits per heavy atom. The molecule has 3 aromatic rings. The van der Waals surface area contributed by atoms with Gasteiger partial charge < -0.3 is 9.47 Å². The zero-order valence-electron chi connectivity index (χ0n) is 19.3. The quantitative estimate of drug-likeness (QED) is 0.317. The van der Waals surface area contributed by atoms with E-state index < -0.39 is 15.1 Å². The molecule has 4 nitrogen and oxygen atoms in total. The largest absolute Gasteiger partial charge is 0.497 e. The molecule has 1 aliphatic rings.